The Balaban J connectivity index is 2.27. The molecule has 1 saturated carbocycles. The Morgan fingerprint density at radius 1 is 1.39 bits per heavy atom. The number of nitrogens with one attached hydrogen (secondary N) is 1. The summed E-state index contributed by atoms with van der Waals surface area (Å²) in [5.41, 5.74) is 0.200. The zero-order valence-corrected chi connectivity index (χ0v) is 13.9. The zero-order valence-electron chi connectivity index (χ0n) is 13.1. The highest BCUT2D eigenvalue weighted by Crippen LogP contribution is 2.36. The predicted molar refractivity (Wildman–Crippen MR) is 89.2 cm³/mol. The third kappa shape index (κ3) is 4.58. The Kier molecular flexibility index (Phi) is 6.21. The maximum atomic E-state index is 11.9. The molecule has 0 spiro atoms. The van der Waals surface area contributed by atoms with Gasteiger partial charge in [-0.1, -0.05) is 37.8 Å². The summed E-state index contributed by atoms with van der Waals surface area (Å²) in [5.74, 6) is -0.596. The molecule has 0 aromatic heterocycles. The van der Waals surface area contributed by atoms with Gasteiger partial charge in [-0.25, -0.2) is 4.79 Å². The second-order valence-electron chi connectivity index (χ2n) is 5.72. The van der Waals surface area contributed by atoms with Gasteiger partial charge in [-0.05, 0) is 25.3 Å². The number of carbonyl (C=O) groups is 1. The first-order valence-electron chi connectivity index (χ1n) is 7.94. The Morgan fingerprint density at radius 2 is 2.09 bits per heavy atom. The van der Waals surface area contributed by atoms with Gasteiger partial charge in [0.2, 0.25) is 0 Å². The highest BCUT2D eigenvalue weighted by atomic mass is 35.5. The maximum absolute atomic E-state index is 11.9. The number of halogens is 1. The summed E-state index contributed by atoms with van der Waals surface area (Å²) in [7, 11) is 0. The van der Waals surface area contributed by atoms with Crippen LogP contribution in [0.4, 0.5) is 11.4 Å². The Hall–Kier alpha value is -1.82. The molecule has 1 aromatic rings. The van der Waals surface area contributed by atoms with Gasteiger partial charge in [0.25, 0.3) is 5.69 Å². The number of anilines is 1. The molecule has 1 aromatic carbocycles. The van der Waals surface area contributed by atoms with Crippen LogP contribution in [0.1, 0.15) is 55.8 Å². The zero-order chi connectivity index (χ0) is 16.8. The van der Waals surface area contributed by atoms with Crippen LogP contribution in [0, 0.1) is 10.1 Å². The number of rotatable bonds is 6. The van der Waals surface area contributed by atoms with E-state index in [-0.39, 0.29) is 34.6 Å². The topological polar surface area (TPSA) is 81.5 Å². The molecule has 0 heterocycles. The molecule has 1 aliphatic carbocycles. The first-order valence-corrected chi connectivity index (χ1v) is 8.32. The van der Waals surface area contributed by atoms with Gasteiger partial charge >= 0.3 is 5.97 Å². The minimum absolute atomic E-state index is 0.101. The number of carbonyl (C=O) groups excluding carboxylic acids is 1. The summed E-state index contributed by atoms with van der Waals surface area (Å²) >= 11 is 6.20. The van der Waals surface area contributed by atoms with Crippen LogP contribution >= 0.6 is 11.6 Å². The van der Waals surface area contributed by atoms with E-state index in [0.717, 1.165) is 25.7 Å². The lowest BCUT2D eigenvalue weighted by Gasteiger charge is -2.24. The van der Waals surface area contributed by atoms with Crippen molar-refractivity contribution in [2.24, 2.45) is 0 Å². The van der Waals surface area contributed by atoms with E-state index in [2.05, 4.69) is 5.32 Å². The van der Waals surface area contributed by atoms with E-state index in [1.165, 1.54) is 18.6 Å². The molecule has 0 atom stereocenters. The van der Waals surface area contributed by atoms with Crippen molar-refractivity contribution in [1.29, 1.82) is 0 Å². The monoisotopic (exact) mass is 340 g/mol. The van der Waals surface area contributed by atoms with Crippen molar-refractivity contribution in [1.82, 2.24) is 0 Å². The normalized spacial score (nSPS) is 15.2. The molecule has 1 fully saturated rings. The molecule has 1 aliphatic rings. The number of nitrogens with zero attached hydrogens (tertiary/aromatic N) is 1. The fourth-order valence-corrected chi connectivity index (χ4v) is 2.99. The van der Waals surface area contributed by atoms with E-state index < -0.39 is 10.9 Å². The summed E-state index contributed by atoms with van der Waals surface area (Å²) in [6.07, 6.45) is 6.01. The number of hydrogen-bond acceptors (Lipinski definition) is 5. The van der Waals surface area contributed by atoms with E-state index in [9.17, 15) is 14.9 Å². The molecular formula is C16H21ClN2O4. The van der Waals surface area contributed by atoms with Gasteiger partial charge in [0, 0.05) is 12.1 Å². The van der Waals surface area contributed by atoms with E-state index >= 15 is 0 Å². The summed E-state index contributed by atoms with van der Waals surface area (Å²) < 4.78 is 5.02. The number of nitro groups is 1. The number of esters is 1. The minimum atomic E-state index is -0.596. The number of benzene rings is 1. The van der Waals surface area contributed by atoms with E-state index in [0.29, 0.717) is 6.42 Å². The van der Waals surface area contributed by atoms with Crippen molar-refractivity contribution in [3.8, 4) is 0 Å². The van der Waals surface area contributed by atoms with Gasteiger partial charge in [0.15, 0.2) is 0 Å². The Morgan fingerprint density at radius 3 is 2.70 bits per heavy atom. The van der Waals surface area contributed by atoms with Crippen molar-refractivity contribution in [3.05, 3.63) is 32.8 Å². The van der Waals surface area contributed by atoms with Crippen molar-refractivity contribution in [3.63, 3.8) is 0 Å². The van der Waals surface area contributed by atoms with Crippen molar-refractivity contribution in [2.75, 3.05) is 11.9 Å². The molecule has 1 N–H and O–H groups in total. The number of ether oxygens (including phenoxy) is 1. The maximum Gasteiger partial charge on any atom is 0.338 e. The van der Waals surface area contributed by atoms with Crippen molar-refractivity contribution < 1.29 is 14.5 Å². The van der Waals surface area contributed by atoms with E-state index in [1.54, 1.807) is 0 Å². The van der Waals surface area contributed by atoms with Crippen molar-refractivity contribution in [2.45, 2.75) is 51.5 Å². The van der Waals surface area contributed by atoms with Crippen molar-refractivity contribution >= 4 is 28.9 Å². The third-order valence-corrected chi connectivity index (χ3v) is 4.19. The fourth-order valence-electron chi connectivity index (χ4n) is 2.73. The molecule has 0 unspecified atom stereocenters. The number of hydrogen-bond donors (Lipinski definition) is 1. The molecule has 23 heavy (non-hydrogen) atoms. The quantitative estimate of drug-likeness (QED) is 0.466. The Labute approximate surface area is 140 Å². The SMILES string of the molecule is CCCOC(=O)c1cc(Cl)c(NC2CCCCC2)c([N+](=O)[O-])c1. The van der Waals surface area contributed by atoms with Crippen LogP contribution in [0.2, 0.25) is 5.02 Å². The van der Waals surface area contributed by atoms with Crippen LogP contribution < -0.4 is 5.32 Å². The highest BCUT2D eigenvalue weighted by Gasteiger charge is 2.24. The number of nitro benzene ring substituents is 1. The third-order valence-electron chi connectivity index (χ3n) is 3.89. The Bertz CT molecular complexity index is 586. The lowest BCUT2D eigenvalue weighted by molar-refractivity contribution is -0.384. The summed E-state index contributed by atoms with van der Waals surface area (Å²) in [6, 6.07) is 2.84. The van der Waals surface area contributed by atoms with Crippen LogP contribution in [0.5, 0.6) is 0 Å². The second-order valence-corrected chi connectivity index (χ2v) is 6.13. The standard InChI is InChI=1S/C16H21ClN2O4/c1-2-8-23-16(20)11-9-13(17)15(14(10-11)19(21)22)18-12-6-4-3-5-7-12/h9-10,12,18H,2-8H2,1H3. The van der Waals surface area contributed by atoms with E-state index in [1.807, 2.05) is 6.92 Å². The smallest absolute Gasteiger partial charge is 0.338 e. The van der Waals surface area contributed by atoms with Gasteiger partial charge in [0.1, 0.15) is 5.69 Å². The first kappa shape index (κ1) is 17.5. The summed E-state index contributed by atoms with van der Waals surface area (Å²) in [6.45, 7) is 2.15. The average Bonchev–Trinajstić information content (AvgIpc) is 2.54. The average molecular weight is 341 g/mol. The van der Waals surface area contributed by atoms with Gasteiger partial charge in [-0.3, -0.25) is 10.1 Å². The molecule has 0 aliphatic heterocycles. The molecule has 0 saturated heterocycles. The van der Waals surface area contributed by atoms with Crippen LogP contribution in [0.15, 0.2) is 12.1 Å². The molecule has 2 rings (SSSR count). The second kappa shape index (κ2) is 8.15. The van der Waals surface area contributed by atoms with E-state index in [4.69, 9.17) is 16.3 Å². The van der Waals surface area contributed by atoms with Crippen LogP contribution in [0.25, 0.3) is 0 Å². The molecule has 0 amide bonds. The minimum Gasteiger partial charge on any atom is -0.462 e. The van der Waals surface area contributed by atoms with Crippen LogP contribution in [0.3, 0.4) is 0 Å². The van der Waals surface area contributed by atoms with Gasteiger partial charge in [-0.2, -0.15) is 0 Å². The summed E-state index contributed by atoms with van der Waals surface area (Å²) in [4.78, 5) is 22.7. The lowest BCUT2D eigenvalue weighted by atomic mass is 9.95. The summed E-state index contributed by atoms with van der Waals surface area (Å²) in [5, 5.41) is 14.7. The molecule has 0 bridgehead atoms. The fraction of sp³-hybridized carbons (Fsp3) is 0.562. The van der Waals surface area contributed by atoms with Crippen LogP contribution in [-0.2, 0) is 4.74 Å². The first-order chi connectivity index (χ1) is 11.0. The predicted octanol–water partition coefficient (Wildman–Crippen LogP) is 4.56. The highest BCUT2D eigenvalue weighted by molar-refractivity contribution is 6.34. The van der Waals surface area contributed by atoms with Gasteiger partial charge in [0.05, 0.1) is 22.1 Å². The molecular weight excluding hydrogens is 320 g/mol. The van der Waals surface area contributed by atoms with Crippen LogP contribution in [-0.4, -0.2) is 23.5 Å². The molecule has 6 nitrogen and oxygen atoms in total. The molecule has 7 heteroatoms. The van der Waals surface area contributed by atoms with Gasteiger partial charge in [-0.15, -0.1) is 0 Å². The van der Waals surface area contributed by atoms with Gasteiger partial charge < -0.3 is 10.1 Å². The molecule has 0 radical (unpaired) electrons. The molecule has 126 valence electrons. The largest absolute Gasteiger partial charge is 0.462 e. The lowest BCUT2D eigenvalue weighted by Crippen LogP contribution is -2.23.